The first-order valence-electron chi connectivity index (χ1n) is 11.0. The Hall–Kier alpha value is -3.09. The molecule has 5 heterocycles. The van der Waals surface area contributed by atoms with Gasteiger partial charge in [0.1, 0.15) is 6.33 Å². The van der Waals surface area contributed by atoms with Gasteiger partial charge in [-0.1, -0.05) is 13.8 Å². The highest BCUT2D eigenvalue weighted by Crippen LogP contribution is 2.40. The molecule has 0 radical (unpaired) electrons. The molecule has 0 bridgehead atoms. The standard InChI is InChI=1S/C23H26N8S/c1-14(2)19-20(17-10-15(3)22-26-13-27-31(22)12-17)28-29-21(19)18-11-25-23(32-18)16-4-7-30(8-5-16)9-6-24/h10-14,16H,4-5,7-9H2,1-3H3,(H,28,29). The molecule has 164 valence electrons. The number of aromatic nitrogens is 6. The minimum absolute atomic E-state index is 0.297. The van der Waals surface area contributed by atoms with Crippen molar-refractivity contribution < 1.29 is 0 Å². The summed E-state index contributed by atoms with van der Waals surface area (Å²) in [6.07, 6.45) is 7.66. The lowest BCUT2D eigenvalue weighted by molar-refractivity contribution is 0.235. The van der Waals surface area contributed by atoms with E-state index in [2.05, 4.69) is 46.1 Å². The third kappa shape index (κ3) is 3.70. The zero-order valence-electron chi connectivity index (χ0n) is 18.5. The van der Waals surface area contributed by atoms with Crippen molar-refractivity contribution in [2.24, 2.45) is 0 Å². The number of H-pyrrole nitrogens is 1. The van der Waals surface area contributed by atoms with Crippen molar-refractivity contribution in [2.75, 3.05) is 19.6 Å². The molecule has 0 unspecified atom stereocenters. The number of thiazole rings is 1. The molecular formula is C23H26N8S. The Bertz CT molecular complexity index is 1280. The van der Waals surface area contributed by atoms with Crippen molar-refractivity contribution in [3.05, 3.63) is 40.9 Å². The number of likely N-dealkylation sites (tertiary alicyclic amines) is 1. The summed E-state index contributed by atoms with van der Waals surface area (Å²) in [5.41, 5.74) is 6.17. The number of piperidine rings is 1. The van der Waals surface area contributed by atoms with Gasteiger partial charge in [-0.15, -0.1) is 11.3 Å². The number of nitrogens with one attached hydrogen (secondary N) is 1. The molecule has 0 saturated carbocycles. The number of rotatable bonds is 5. The van der Waals surface area contributed by atoms with E-state index in [1.165, 1.54) is 10.6 Å². The molecule has 9 heteroatoms. The summed E-state index contributed by atoms with van der Waals surface area (Å²) in [7, 11) is 0. The van der Waals surface area contributed by atoms with E-state index < -0.39 is 0 Å². The highest BCUT2D eigenvalue weighted by atomic mass is 32.1. The van der Waals surface area contributed by atoms with Crippen LogP contribution in [0.15, 0.2) is 24.8 Å². The molecule has 1 fully saturated rings. The van der Waals surface area contributed by atoms with Crippen LogP contribution in [0.5, 0.6) is 0 Å². The molecule has 8 nitrogen and oxygen atoms in total. The number of hydrogen-bond donors (Lipinski definition) is 1. The van der Waals surface area contributed by atoms with Gasteiger partial charge in [-0.3, -0.25) is 10.00 Å². The first-order valence-corrected chi connectivity index (χ1v) is 11.8. The number of fused-ring (bicyclic) bond motifs is 1. The van der Waals surface area contributed by atoms with Gasteiger partial charge in [-0.05, 0) is 50.4 Å². The molecule has 0 spiro atoms. The van der Waals surface area contributed by atoms with Crippen LogP contribution in [0.3, 0.4) is 0 Å². The van der Waals surface area contributed by atoms with Gasteiger partial charge in [0.25, 0.3) is 0 Å². The molecule has 1 N–H and O–H groups in total. The van der Waals surface area contributed by atoms with Gasteiger partial charge in [0.15, 0.2) is 5.65 Å². The third-order valence-corrected chi connectivity index (χ3v) is 7.39. The quantitative estimate of drug-likeness (QED) is 0.457. The van der Waals surface area contributed by atoms with Crippen LogP contribution in [0, 0.1) is 18.3 Å². The minimum atomic E-state index is 0.297. The summed E-state index contributed by atoms with van der Waals surface area (Å²) in [5, 5.41) is 22.4. The topological polar surface area (TPSA) is 98.8 Å². The van der Waals surface area contributed by atoms with E-state index in [-0.39, 0.29) is 0 Å². The van der Waals surface area contributed by atoms with Gasteiger partial charge in [-0.25, -0.2) is 14.5 Å². The van der Waals surface area contributed by atoms with Crippen molar-refractivity contribution in [2.45, 2.75) is 45.4 Å². The Labute approximate surface area is 190 Å². The van der Waals surface area contributed by atoms with Crippen LogP contribution in [-0.2, 0) is 0 Å². The Balaban J connectivity index is 1.46. The van der Waals surface area contributed by atoms with Gasteiger partial charge in [0.2, 0.25) is 0 Å². The fraction of sp³-hybridized carbons (Fsp3) is 0.435. The largest absolute Gasteiger partial charge is 0.291 e. The van der Waals surface area contributed by atoms with Crippen LogP contribution in [-0.4, -0.2) is 54.3 Å². The molecule has 0 aromatic carbocycles. The molecule has 4 aromatic rings. The Morgan fingerprint density at radius 1 is 1.28 bits per heavy atom. The van der Waals surface area contributed by atoms with E-state index in [0.717, 1.165) is 59.0 Å². The number of hydrogen-bond acceptors (Lipinski definition) is 7. The molecule has 32 heavy (non-hydrogen) atoms. The molecule has 1 aliphatic heterocycles. The molecule has 5 rings (SSSR count). The second-order valence-electron chi connectivity index (χ2n) is 8.73. The molecule has 1 aliphatic rings. The third-order valence-electron chi connectivity index (χ3n) is 6.22. The molecular weight excluding hydrogens is 420 g/mol. The van der Waals surface area contributed by atoms with Crippen LogP contribution in [0.25, 0.3) is 27.5 Å². The SMILES string of the molecule is Cc1cc(-c2n[nH]c(-c3cnc(C4CCN(CC#N)CC4)s3)c2C(C)C)cn2ncnc12. The minimum Gasteiger partial charge on any atom is -0.291 e. The second-order valence-corrected chi connectivity index (χ2v) is 9.79. The first-order chi connectivity index (χ1) is 15.5. The molecule has 0 amide bonds. The van der Waals surface area contributed by atoms with Crippen LogP contribution in [0.1, 0.15) is 54.7 Å². The zero-order chi connectivity index (χ0) is 22.2. The number of nitrogens with zero attached hydrogens (tertiary/aromatic N) is 7. The van der Waals surface area contributed by atoms with E-state index in [1.807, 2.05) is 23.8 Å². The fourth-order valence-electron chi connectivity index (χ4n) is 4.57. The van der Waals surface area contributed by atoms with Gasteiger partial charge < -0.3 is 0 Å². The summed E-state index contributed by atoms with van der Waals surface area (Å²) in [6.45, 7) is 8.89. The van der Waals surface area contributed by atoms with Crippen molar-refractivity contribution in [1.29, 1.82) is 5.26 Å². The maximum Gasteiger partial charge on any atom is 0.158 e. The highest BCUT2D eigenvalue weighted by molar-refractivity contribution is 7.15. The number of pyridine rings is 1. The number of aromatic amines is 1. The predicted molar refractivity (Wildman–Crippen MR) is 125 cm³/mol. The lowest BCUT2D eigenvalue weighted by Gasteiger charge is -2.28. The van der Waals surface area contributed by atoms with Crippen molar-refractivity contribution in [3.8, 4) is 27.9 Å². The van der Waals surface area contributed by atoms with E-state index in [4.69, 9.17) is 15.3 Å². The average Bonchev–Trinajstić information content (AvgIpc) is 3.52. The summed E-state index contributed by atoms with van der Waals surface area (Å²) in [5.74, 6) is 0.760. The predicted octanol–water partition coefficient (Wildman–Crippen LogP) is 4.38. The van der Waals surface area contributed by atoms with Crippen molar-refractivity contribution in [1.82, 2.24) is 34.7 Å². The van der Waals surface area contributed by atoms with Crippen LogP contribution in [0.2, 0.25) is 0 Å². The number of aryl methyl sites for hydroxylation is 1. The maximum atomic E-state index is 8.92. The monoisotopic (exact) mass is 446 g/mol. The normalized spacial score (nSPS) is 15.6. The lowest BCUT2D eigenvalue weighted by atomic mass is 9.96. The zero-order valence-corrected chi connectivity index (χ0v) is 19.4. The Kier molecular flexibility index (Phi) is 5.49. The second kappa shape index (κ2) is 8.45. The Morgan fingerprint density at radius 2 is 2.09 bits per heavy atom. The summed E-state index contributed by atoms with van der Waals surface area (Å²) >= 11 is 1.76. The summed E-state index contributed by atoms with van der Waals surface area (Å²) < 4.78 is 1.81. The van der Waals surface area contributed by atoms with Crippen LogP contribution in [0.4, 0.5) is 0 Å². The van der Waals surface area contributed by atoms with Gasteiger partial charge >= 0.3 is 0 Å². The van der Waals surface area contributed by atoms with Crippen LogP contribution >= 0.6 is 11.3 Å². The van der Waals surface area contributed by atoms with E-state index in [1.54, 1.807) is 17.7 Å². The Morgan fingerprint density at radius 3 is 2.84 bits per heavy atom. The summed E-state index contributed by atoms with van der Waals surface area (Å²) in [4.78, 5) is 12.5. The smallest absolute Gasteiger partial charge is 0.158 e. The van der Waals surface area contributed by atoms with Crippen molar-refractivity contribution >= 4 is 17.0 Å². The molecule has 0 aliphatic carbocycles. The molecule has 4 aromatic heterocycles. The van der Waals surface area contributed by atoms with Crippen LogP contribution < -0.4 is 0 Å². The van der Waals surface area contributed by atoms with Gasteiger partial charge in [0.05, 0.1) is 33.9 Å². The molecule has 1 saturated heterocycles. The molecule has 0 atom stereocenters. The highest BCUT2D eigenvalue weighted by Gasteiger charge is 2.25. The maximum absolute atomic E-state index is 8.92. The van der Waals surface area contributed by atoms with Gasteiger partial charge in [-0.2, -0.15) is 15.5 Å². The summed E-state index contributed by atoms with van der Waals surface area (Å²) in [6, 6.07) is 4.38. The van der Waals surface area contributed by atoms with E-state index in [0.29, 0.717) is 18.4 Å². The lowest BCUT2D eigenvalue weighted by Crippen LogP contribution is -2.33. The van der Waals surface area contributed by atoms with Crippen molar-refractivity contribution in [3.63, 3.8) is 0 Å². The average molecular weight is 447 g/mol. The fourth-order valence-corrected chi connectivity index (χ4v) is 5.67. The first kappa shape index (κ1) is 20.8. The van der Waals surface area contributed by atoms with E-state index in [9.17, 15) is 0 Å². The number of nitriles is 1. The van der Waals surface area contributed by atoms with Gasteiger partial charge in [0, 0.05) is 29.4 Å². The van der Waals surface area contributed by atoms with E-state index >= 15 is 0 Å².